The molecule has 0 bridgehead atoms. The first-order valence-corrected chi connectivity index (χ1v) is 11.5. The molecule has 4 rings (SSSR count). The van der Waals surface area contributed by atoms with Gasteiger partial charge in [0.15, 0.2) is 0 Å². The molecule has 164 valence electrons. The molecule has 5 nitrogen and oxygen atoms in total. The summed E-state index contributed by atoms with van der Waals surface area (Å²) in [5.41, 5.74) is 1.34. The van der Waals surface area contributed by atoms with Crippen LogP contribution in [0.5, 0.6) is 5.75 Å². The number of ether oxygens (including phenoxy) is 1. The molecule has 1 atom stereocenters. The molecule has 2 aliphatic heterocycles. The summed E-state index contributed by atoms with van der Waals surface area (Å²) in [5.74, 6) is 1.17. The predicted octanol–water partition coefficient (Wildman–Crippen LogP) is 4.90. The van der Waals surface area contributed by atoms with Crippen LogP contribution in [0.15, 0.2) is 48.5 Å². The Bertz CT molecular complexity index is 909. The molecular weight excluding hydrogens is 412 g/mol. The molecule has 2 aromatic rings. The van der Waals surface area contributed by atoms with Crippen molar-refractivity contribution in [3.63, 3.8) is 0 Å². The topological polar surface area (TPSA) is 49.9 Å². The summed E-state index contributed by atoms with van der Waals surface area (Å²) in [6.07, 6.45) is 5.38. The Morgan fingerprint density at radius 3 is 2.32 bits per heavy atom. The minimum absolute atomic E-state index is 0.0211. The average molecular weight is 441 g/mol. The molecule has 0 saturated carbocycles. The van der Waals surface area contributed by atoms with Crippen molar-refractivity contribution in [3.05, 3.63) is 64.7 Å². The van der Waals surface area contributed by atoms with E-state index in [1.165, 1.54) is 6.42 Å². The maximum absolute atomic E-state index is 12.8. The van der Waals surface area contributed by atoms with Crippen LogP contribution in [0.4, 0.5) is 0 Å². The fourth-order valence-corrected chi connectivity index (χ4v) is 4.57. The molecule has 31 heavy (non-hydrogen) atoms. The van der Waals surface area contributed by atoms with E-state index in [9.17, 15) is 9.59 Å². The van der Waals surface area contributed by atoms with E-state index < -0.39 is 0 Å². The summed E-state index contributed by atoms with van der Waals surface area (Å²) in [4.78, 5) is 29.2. The van der Waals surface area contributed by atoms with Crippen molar-refractivity contribution >= 4 is 23.4 Å². The van der Waals surface area contributed by atoms with Crippen molar-refractivity contribution in [1.82, 2.24) is 9.80 Å². The molecule has 0 radical (unpaired) electrons. The molecule has 2 amide bonds. The molecule has 2 saturated heterocycles. The Hall–Kier alpha value is -2.53. The van der Waals surface area contributed by atoms with Crippen molar-refractivity contribution in [2.45, 2.75) is 32.1 Å². The van der Waals surface area contributed by atoms with E-state index in [4.69, 9.17) is 16.3 Å². The van der Waals surface area contributed by atoms with E-state index >= 15 is 0 Å². The fraction of sp³-hybridized carbons (Fsp3) is 0.440. The first-order valence-electron chi connectivity index (χ1n) is 11.2. The van der Waals surface area contributed by atoms with Crippen LogP contribution in [0.1, 0.15) is 52.8 Å². The Labute approximate surface area is 188 Å². The highest BCUT2D eigenvalue weighted by Crippen LogP contribution is 2.22. The summed E-state index contributed by atoms with van der Waals surface area (Å²) < 4.78 is 5.99. The standard InChI is InChI=1S/C25H29ClN2O3/c26-22-8-4-7-21(16-22)25(30)28-15-5-6-19(17-28)18-31-23-11-9-20(10-12-23)24(29)27-13-2-1-3-14-27/h4,7-12,16,19H,1-3,5-6,13-15,17-18H2/t19-/m0/s1. The van der Waals surface area contributed by atoms with E-state index in [0.29, 0.717) is 29.3 Å². The highest BCUT2D eigenvalue weighted by molar-refractivity contribution is 6.30. The van der Waals surface area contributed by atoms with Crippen LogP contribution in [0, 0.1) is 5.92 Å². The number of likely N-dealkylation sites (tertiary alicyclic amines) is 2. The normalized spacial score (nSPS) is 19.2. The van der Waals surface area contributed by atoms with Crippen LogP contribution in [0.25, 0.3) is 0 Å². The van der Waals surface area contributed by atoms with E-state index in [1.54, 1.807) is 24.3 Å². The molecule has 0 spiro atoms. The Morgan fingerprint density at radius 2 is 1.58 bits per heavy atom. The largest absolute Gasteiger partial charge is 0.493 e. The molecule has 0 N–H and O–H groups in total. The molecular formula is C25H29ClN2O3. The summed E-state index contributed by atoms with van der Waals surface area (Å²) >= 11 is 6.03. The quantitative estimate of drug-likeness (QED) is 0.664. The second-order valence-corrected chi connectivity index (χ2v) is 8.89. The highest BCUT2D eigenvalue weighted by atomic mass is 35.5. The lowest BCUT2D eigenvalue weighted by Crippen LogP contribution is -2.41. The van der Waals surface area contributed by atoms with Crippen LogP contribution >= 0.6 is 11.6 Å². The molecule has 2 fully saturated rings. The van der Waals surface area contributed by atoms with Crippen molar-refractivity contribution in [2.24, 2.45) is 5.92 Å². The monoisotopic (exact) mass is 440 g/mol. The van der Waals surface area contributed by atoms with Gasteiger partial charge in [0.05, 0.1) is 6.61 Å². The van der Waals surface area contributed by atoms with Gasteiger partial charge in [-0.3, -0.25) is 9.59 Å². The minimum atomic E-state index is 0.0211. The van der Waals surface area contributed by atoms with E-state index in [0.717, 1.165) is 51.1 Å². The number of carbonyl (C=O) groups is 2. The number of hydrogen-bond donors (Lipinski definition) is 0. The van der Waals surface area contributed by atoms with E-state index in [2.05, 4.69) is 0 Å². The van der Waals surface area contributed by atoms with Gasteiger partial charge in [0, 0.05) is 48.2 Å². The van der Waals surface area contributed by atoms with Crippen LogP contribution in [-0.4, -0.2) is 54.4 Å². The molecule has 6 heteroatoms. The zero-order valence-corrected chi connectivity index (χ0v) is 18.5. The third-order valence-electron chi connectivity index (χ3n) is 6.11. The van der Waals surface area contributed by atoms with Crippen LogP contribution < -0.4 is 4.74 Å². The number of benzene rings is 2. The smallest absolute Gasteiger partial charge is 0.253 e. The Balaban J connectivity index is 1.29. The third kappa shape index (κ3) is 5.59. The van der Waals surface area contributed by atoms with Gasteiger partial charge in [-0.25, -0.2) is 0 Å². The fourth-order valence-electron chi connectivity index (χ4n) is 4.38. The third-order valence-corrected chi connectivity index (χ3v) is 6.34. The number of amides is 2. The average Bonchev–Trinajstić information content (AvgIpc) is 2.83. The van der Waals surface area contributed by atoms with Crippen molar-refractivity contribution in [3.8, 4) is 5.75 Å². The maximum atomic E-state index is 12.8. The second kappa shape index (κ2) is 10.2. The van der Waals surface area contributed by atoms with E-state index in [-0.39, 0.29) is 17.7 Å². The first kappa shape index (κ1) is 21.7. The Morgan fingerprint density at radius 1 is 0.871 bits per heavy atom. The van der Waals surface area contributed by atoms with Gasteiger partial charge in [-0.1, -0.05) is 17.7 Å². The zero-order chi connectivity index (χ0) is 21.6. The van der Waals surface area contributed by atoms with Crippen LogP contribution in [-0.2, 0) is 0 Å². The lowest BCUT2D eigenvalue weighted by Gasteiger charge is -2.32. The highest BCUT2D eigenvalue weighted by Gasteiger charge is 2.25. The van der Waals surface area contributed by atoms with Gasteiger partial charge in [-0.05, 0) is 74.6 Å². The summed E-state index contributed by atoms with van der Waals surface area (Å²) in [7, 11) is 0. The second-order valence-electron chi connectivity index (χ2n) is 8.46. The number of carbonyl (C=O) groups excluding carboxylic acids is 2. The van der Waals surface area contributed by atoms with Gasteiger partial charge in [-0.15, -0.1) is 0 Å². The number of rotatable bonds is 5. The molecule has 2 aromatic carbocycles. The van der Waals surface area contributed by atoms with Gasteiger partial charge in [-0.2, -0.15) is 0 Å². The molecule has 0 aromatic heterocycles. The van der Waals surface area contributed by atoms with Gasteiger partial charge in [0.25, 0.3) is 11.8 Å². The van der Waals surface area contributed by atoms with Gasteiger partial charge >= 0.3 is 0 Å². The summed E-state index contributed by atoms with van der Waals surface area (Å²) in [6.45, 7) is 3.69. The summed E-state index contributed by atoms with van der Waals surface area (Å²) in [5, 5.41) is 0.574. The number of nitrogens with zero attached hydrogens (tertiary/aromatic N) is 2. The lowest BCUT2D eigenvalue weighted by molar-refractivity contribution is 0.0633. The molecule has 2 heterocycles. The minimum Gasteiger partial charge on any atom is -0.493 e. The number of halogens is 1. The molecule has 0 aliphatic carbocycles. The van der Waals surface area contributed by atoms with E-state index in [1.807, 2.05) is 34.1 Å². The number of piperidine rings is 2. The SMILES string of the molecule is O=C(c1ccc(OC[C@H]2CCCN(C(=O)c3cccc(Cl)c3)C2)cc1)N1CCCCC1. The first-order chi connectivity index (χ1) is 15.1. The summed E-state index contributed by atoms with van der Waals surface area (Å²) in [6, 6.07) is 14.5. The van der Waals surface area contributed by atoms with Gasteiger partial charge in [0.1, 0.15) is 5.75 Å². The van der Waals surface area contributed by atoms with Gasteiger partial charge < -0.3 is 14.5 Å². The predicted molar refractivity (Wildman–Crippen MR) is 122 cm³/mol. The lowest BCUT2D eigenvalue weighted by atomic mass is 9.98. The zero-order valence-electron chi connectivity index (χ0n) is 17.8. The van der Waals surface area contributed by atoms with Crippen LogP contribution in [0.3, 0.4) is 0 Å². The van der Waals surface area contributed by atoms with Crippen molar-refractivity contribution in [1.29, 1.82) is 0 Å². The van der Waals surface area contributed by atoms with Crippen LogP contribution in [0.2, 0.25) is 5.02 Å². The van der Waals surface area contributed by atoms with Gasteiger partial charge in [0.2, 0.25) is 0 Å². The molecule has 2 aliphatic rings. The molecule has 0 unspecified atom stereocenters. The van der Waals surface area contributed by atoms with Crippen molar-refractivity contribution < 1.29 is 14.3 Å². The Kier molecular flexibility index (Phi) is 7.13. The number of hydrogen-bond acceptors (Lipinski definition) is 3. The maximum Gasteiger partial charge on any atom is 0.253 e. The van der Waals surface area contributed by atoms with Crippen molar-refractivity contribution in [2.75, 3.05) is 32.8 Å².